The maximum atomic E-state index is 14.2. The predicted molar refractivity (Wildman–Crippen MR) is 76.1 cm³/mol. The van der Waals surface area contributed by atoms with E-state index in [-0.39, 0.29) is 5.56 Å². The Morgan fingerprint density at radius 3 is 2.53 bits per heavy atom. The van der Waals surface area contributed by atoms with E-state index >= 15 is 0 Å². The zero-order chi connectivity index (χ0) is 14.0. The van der Waals surface area contributed by atoms with Crippen LogP contribution < -0.4 is 5.32 Å². The van der Waals surface area contributed by atoms with Crippen LogP contribution in [-0.2, 0) is 0 Å². The minimum Gasteiger partial charge on any atom is -0.309 e. The average Bonchev–Trinajstić information content (AvgIpc) is 2.39. The number of aryl methyl sites for hydroxylation is 1. The molecule has 0 saturated carbocycles. The van der Waals surface area contributed by atoms with Crippen molar-refractivity contribution in [3.63, 3.8) is 0 Å². The summed E-state index contributed by atoms with van der Waals surface area (Å²) in [6.45, 7) is 1.63. The van der Waals surface area contributed by atoms with E-state index in [1.807, 2.05) is 24.3 Å². The fourth-order valence-corrected chi connectivity index (χ4v) is 2.52. The van der Waals surface area contributed by atoms with Crippen LogP contribution in [0.25, 0.3) is 0 Å². The Kier molecular flexibility index (Phi) is 4.32. The van der Waals surface area contributed by atoms with Crippen LogP contribution in [0.4, 0.5) is 8.78 Å². The van der Waals surface area contributed by atoms with Gasteiger partial charge in [0.1, 0.15) is 11.6 Å². The van der Waals surface area contributed by atoms with Gasteiger partial charge < -0.3 is 5.32 Å². The fraction of sp³-hybridized carbons (Fsp3) is 0.200. The molecule has 0 fully saturated rings. The van der Waals surface area contributed by atoms with Crippen LogP contribution in [0.1, 0.15) is 22.7 Å². The normalized spacial score (nSPS) is 12.5. The third-order valence-electron chi connectivity index (χ3n) is 3.08. The van der Waals surface area contributed by atoms with Crippen molar-refractivity contribution in [1.29, 1.82) is 0 Å². The molecule has 0 spiro atoms. The minimum absolute atomic E-state index is 0.0561. The van der Waals surface area contributed by atoms with E-state index in [1.54, 1.807) is 14.0 Å². The summed E-state index contributed by atoms with van der Waals surface area (Å²) in [5, 5.41) is 2.97. The Hall–Kier alpha value is -1.26. The van der Waals surface area contributed by atoms with E-state index in [0.717, 1.165) is 10.0 Å². The lowest BCUT2D eigenvalue weighted by Gasteiger charge is -2.19. The maximum absolute atomic E-state index is 14.2. The highest BCUT2D eigenvalue weighted by Crippen LogP contribution is 2.29. The molecule has 1 N–H and O–H groups in total. The van der Waals surface area contributed by atoms with Crippen LogP contribution in [0.3, 0.4) is 0 Å². The summed E-state index contributed by atoms with van der Waals surface area (Å²) in [7, 11) is 1.69. The summed E-state index contributed by atoms with van der Waals surface area (Å²) in [5.74, 6) is -1.04. The molecule has 1 nitrogen and oxygen atoms in total. The van der Waals surface area contributed by atoms with Crippen molar-refractivity contribution in [1.82, 2.24) is 5.32 Å². The lowest BCUT2D eigenvalue weighted by atomic mass is 9.96. The van der Waals surface area contributed by atoms with Crippen molar-refractivity contribution in [2.75, 3.05) is 7.05 Å². The van der Waals surface area contributed by atoms with E-state index in [4.69, 9.17) is 0 Å². The minimum atomic E-state index is -0.539. The van der Waals surface area contributed by atoms with Gasteiger partial charge in [-0.3, -0.25) is 0 Å². The Balaban J connectivity index is 2.57. The first-order valence-electron chi connectivity index (χ1n) is 5.92. The van der Waals surface area contributed by atoms with Crippen molar-refractivity contribution in [2.24, 2.45) is 0 Å². The van der Waals surface area contributed by atoms with Crippen LogP contribution in [0.5, 0.6) is 0 Å². The lowest BCUT2D eigenvalue weighted by molar-refractivity contribution is 0.517. The zero-order valence-corrected chi connectivity index (χ0v) is 12.3. The summed E-state index contributed by atoms with van der Waals surface area (Å²) < 4.78 is 29.0. The second-order valence-corrected chi connectivity index (χ2v) is 5.28. The van der Waals surface area contributed by atoms with E-state index in [1.165, 1.54) is 12.1 Å². The average molecular weight is 326 g/mol. The monoisotopic (exact) mass is 325 g/mol. The molecule has 0 bridgehead atoms. The van der Waals surface area contributed by atoms with Crippen molar-refractivity contribution < 1.29 is 8.78 Å². The molecule has 4 heteroatoms. The standard InChI is InChI=1S/C15H14BrF2N/c1-9-6-7-12(17)13(14(9)18)15(19-2)10-4-3-5-11(16)8-10/h3-8,15,19H,1-2H3. The molecule has 0 saturated heterocycles. The molecule has 0 heterocycles. The van der Waals surface area contributed by atoms with Crippen LogP contribution in [0.15, 0.2) is 40.9 Å². The molecule has 2 rings (SSSR count). The second-order valence-electron chi connectivity index (χ2n) is 4.37. The molecule has 0 radical (unpaired) electrons. The number of hydrogen-bond acceptors (Lipinski definition) is 1. The molecule has 0 aliphatic carbocycles. The first-order valence-corrected chi connectivity index (χ1v) is 6.71. The first kappa shape index (κ1) is 14.2. The van der Waals surface area contributed by atoms with E-state index < -0.39 is 17.7 Å². The van der Waals surface area contributed by atoms with Gasteiger partial charge in [0.05, 0.1) is 6.04 Å². The van der Waals surface area contributed by atoms with E-state index in [2.05, 4.69) is 21.2 Å². The molecule has 1 atom stereocenters. The SMILES string of the molecule is CNC(c1cccc(Br)c1)c1c(F)ccc(C)c1F. The van der Waals surface area contributed by atoms with Crippen LogP contribution in [-0.4, -0.2) is 7.05 Å². The van der Waals surface area contributed by atoms with E-state index in [0.29, 0.717) is 5.56 Å². The Bertz CT molecular complexity index is 599. The molecule has 2 aromatic rings. The van der Waals surface area contributed by atoms with E-state index in [9.17, 15) is 8.78 Å². The maximum Gasteiger partial charge on any atom is 0.134 e. The highest BCUT2D eigenvalue weighted by Gasteiger charge is 2.21. The molecule has 100 valence electrons. The Morgan fingerprint density at radius 2 is 1.89 bits per heavy atom. The van der Waals surface area contributed by atoms with Gasteiger partial charge in [-0.05, 0) is 43.3 Å². The molecule has 0 aliphatic rings. The summed E-state index contributed by atoms with van der Waals surface area (Å²) in [5.41, 5.74) is 1.30. The summed E-state index contributed by atoms with van der Waals surface area (Å²) in [4.78, 5) is 0. The molecular formula is C15H14BrF2N. The topological polar surface area (TPSA) is 12.0 Å². The lowest BCUT2D eigenvalue weighted by Crippen LogP contribution is -2.21. The summed E-state index contributed by atoms with van der Waals surface area (Å²) in [6, 6.07) is 9.64. The number of hydrogen-bond donors (Lipinski definition) is 1. The van der Waals surface area contributed by atoms with Crippen molar-refractivity contribution >= 4 is 15.9 Å². The van der Waals surface area contributed by atoms with Gasteiger partial charge in [0.15, 0.2) is 0 Å². The Morgan fingerprint density at radius 1 is 1.16 bits per heavy atom. The van der Waals surface area contributed by atoms with Crippen molar-refractivity contribution in [3.05, 3.63) is 69.2 Å². The number of halogens is 3. The molecule has 2 aromatic carbocycles. The van der Waals surface area contributed by atoms with Gasteiger partial charge in [-0.15, -0.1) is 0 Å². The predicted octanol–water partition coefficient (Wildman–Crippen LogP) is 4.34. The highest BCUT2D eigenvalue weighted by molar-refractivity contribution is 9.10. The number of nitrogens with one attached hydrogen (secondary N) is 1. The van der Waals surface area contributed by atoms with Gasteiger partial charge >= 0.3 is 0 Å². The molecular weight excluding hydrogens is 312 g/mol. The molecule has 0 amide bonds. The van der Waals surface area contributed by atoms with Gasteiger partial charge in [0.25, 0.3) is 0 Å². The quantitative estimate of drug-likeness (QED) is 0.884. The van der Waals surface area contributed by atoms with Gasteiger partial charge in [-0.1, -0.05) is 34.1 Å². The van der Waals surface area contributed by atoms with Crippen LogP contribution >= 0.6 is 15.9 Å². The number of rotatable bonds is 3. The summed E-state index contributed by atoms with van der Waals surface area (Å²) >= 11 is 3.37. The van der Waals surface area contributed by atoms with Gasteiger partial charge in [-0.25, -0.2) is 8.78 Å². The molecule has 19 heavy (non-hydrogen) atoms. The van der Waals surface area contributed by atoms with Crippen molar-refractivity contribution in [3.8, 4) is 0 Å². The zero-order valence-electron chi connectivity index (χ0n) is 10.7. The Labute approximate surface area is 119 Å². The third-order valence-corrected chi connectivity index (χ3v) is 3.57. The van der Waals surface area contributed by atoms with Crippen LogP contribution in [0, 0.1) is 18.6 Å². The van der Waals surface area contributed by atoms with Gasteiger partial charge in [0, 0.05) is 10.0 Å². The third kappa shape index (κ3) is 2.85. The van der Waals surface area contributed by atoms with Crippen LogP contribution in [0.2, 0.25) is 0 Å². The molecule has 0 aromatic heterocycles. The smallest absolute Gasteiger partial charge is 0.134 e. The fourth-order valence-electron chi connectivity index (χ4n) is 2.11. The summed E-state index contributed by atoms with van der Waals surface area (Å²) in [6.07, 6.45) is 0. The second kappa shape index (κ2) is 5.80. The molecule has 0 aliphatic heterocycles. The van der Waals surface area contributed by atoms with Crippen molar-refractivity contribution in [2.45, 2.75) is 13.0 Å². The highest BCUT2D eigenvalue weighted by atomic mass is 79.9. The first-order chi connectivity index (χ1) is 9.04. The van der Waals surface area contributed by atoms with Gasteiger partial charge in [0.2, 0.25) is 0 Å². The number of benzene rings is 2. The van der Waals surface area contributed by atoms with Gasteiger partial charge in [-0.2, -0.15) is 0 Å². The molecule has 1 unspecified atom stereocenters. The largest absolute Gasteiger partial charge is 0.309 e.